The fourth-order valence-corrected chi connectivity index (χ4v) is 1.99. The number of anilines is 1. The molecule has 0 aliphatic heterocycles. The summed E-state index contributed by atoms with van der Waals surface area (Å²) in [7, 11) is 0. The van der Waals surface area contributed by atoms with Gasteiger partial charge in [0.2, 0.25) is 0 Å². The van der Waals surface area contributed by atoms with E-state index in [1.807, 2.05) is 0 Å². The predicted octanol–water partition coefficient (Wildman–Crippen LogP) is 1.36. The maximum absolute atomic E-state index is 11.8. The highest BCUT2D eigenvalue weighted by molar-refractivity contribution is 6.08. The number of nitrogens with two attached hydrogens (primary N) is 1. The molecule has 0 radical (unpaired) electrons. The minimum Gasteiger partial charge on any atom is -0.507 e. The van der Waals surface area contributed by atoms with Crippen LogP contribution in [-0.4, -0.2) is 15.3 Å². The van der Waals surface area contributed by atoms with Crippen molar-refractivity contribution in [3.05, 3.63) is 40.6 Å². The molecule has 0 spiro atoms. The van der Waals surface area contributed by atoms with E-state index in [9.17, 15) is 9.90 Å². The number of aromatic amines is 1. The van der Waals surface area contributed by atoms with Crippen LogP contribution in [0.25, 0.3) is 21.7 Å². The van der Waals surface area contributed by atoms with E-state index in [1.54, 1.807) is 18.2 Å². The lowest BCUT2D eigenvalue weighted by atomic mass is 10.1. The van der Waals surface area contributed by atoms with Gasteiger partial charge in [-0.25, -0.2) is 0 Å². The molecule has 0 saturated carbocycles. The van der Waals surface area contributed by atoms with Crippen molar-refractivity contribution in [3.63, 3.8) is 0 Å². The first-order valence-electron chi connectivity index (χ1n) is 5.06. The minimum absolute atomic E-state index is 0.0726. The monoisotopic (exact) mass is 227 g/mol. The van der Waals surface area contributed by atoms with E-state index >= 15 is 0 Å². The normalized spacial score (nSPS) is 11.1. The maximum atomic E-state index is 11.8. The Morgan fingerprint density at radius 1 is 1.29 bits per heavy atom. The second kappa shape index (κ2) is 3.21. The molecule has 0 atom stereocenters. The fraction of sp³-hybridized carbons (Fsp3) is 0. The van der Waals surface area contributed by atoms with Gasteiger partial charge in [-0.05, 0) is 23.6 Å². The largest absolute Gasteiger partial charge is 0.507 e. The molecule has 0 fully saturated rings. The number of H-pyrrole nitrogens is 1. The quantitative estimate of drug-likeness (QED) is 0.506. The van der Waals surface area contributed by atoms with Crippen molar-refractivity contribution >= 4 is 27.5 Å². The van der Waals surface area contributed by atoms with Gasteiger partial charge in [0.15, 0.2) is 5.43 Å². The van der Waals surface area contributed by atoms with Crippen molar-refractivity contribution in [2.75, 3.05) is 5.73 Å². The Bertz CT molecular complexity index is 793. The van der Waals surface area contributed by atoms with Gasteiger partial charge in [0.25, 0.3) is 0 Å². The molecule has 1 heterocycles. The Hall–Kier alpha value is -2.56. The lowest BCUT2D eigenvalue weighted by Crippen LogP contribution is -2.01. The Morgan fingerprint density at radius 3 is 2.94 bits per heavy atom. The molecule has 4 N–H and O–H groups in total. The molecule has 0 aliphatic rings. The number of hydrogen-bond acceptors (Lipinski definition) is 4. The van der Waals surface area contributed by atoms with E-state index in [0.29, 0.717) is 21.7 Å². The van der Waals surface area contributed by atoms with Crippen molar-refractivity contribution in [3.8, 4) is 5.75 Å². The fourth-order valence-electron chi connectivity index (χ4n) is 1.99. The molecule has 17 heavy (non-hydrogen) atoms. The maximum Gasteiger partial charge on any atom is 0.188 e. The van der Waals surface area contributed by atoms with Crippen LogP contribution in [0.4, 0.5) is 5.82 Å². The first-order valence-corrected chi connectivity index (χ1v) is 5.06. The van der Waals surface area contributed by atoms with Gasteiger partial charge >= 0.3 is 0 Å². The molecule has 0 aliphatic carbocycles. The standard InChI is InChI=1S/C12H9N3O2/c13-10-5-7-9(17)4-6-2-1-3-8(16)11(6)12(7)15-14-10/h1-5,15,17H,(H2,13,14). The Morgan fingerprint density at radius 2 is 2.12 bits per heavy atom. The van der Waals surface area contributed by atoms with Crippen molar-refractivity contribution in [1.82, 2.24) is 10.2 Å². The number of phenolic OH excluding ortho intramolecular Hbond substituents is 1. The summed E-state index contributed by atoms with van der Waals surface area (Å²) in [6, 6.07) is 7.98. The number of fused-ring (bicyclic) bond motifs is 3. The van der Waals surface area contributed by atoms with E-state index < -0.39 is 0 Å². The van der Waals surface area contributed by atoms with Gasteiger partial charge in [-0.15, -0.1) is 0 Å². The minimum atomic E-state index is -0.115. The molecular weight excluding hydrogens is 218 g/mol. The molecule has 1 aromatic heterocycles. The summed E-state index contributed by atoms with van der Waals surface area (Å²) in [5.74, 6) is 0.332. The zero-order chi connectivity index (χ0) is 12.0. The third-order valence-electron chi connectivity index (χ3n) is 2.73. The molecule has 2 aromatic carbocycles. The zero-order valence-electron chi connectivity index (χ0n) is 8.77. The summed E-state index contributed by atoms with van der Waals surface area (Å²) in [5.41, 5.74) is 5.93. The number of hydrogen-bond donors (Lipinski definition) is 3. The van der Waals surface area contributed by atoms with Crippen molar-refractivity contribution in [1.29, 1.82) is 0 Å². The Balaban J connectivity index is 2.68. The number of nitrogen functional groups attached to an aromatic ring is 1. The molecule has 3 aromatic rings. The van der Waals surface area contributed by atoms with Crippen molar-refractivity contribution in [2.24, 2.45) is 0 Å². The summed E-state index contributed by atoms with van der Waals surface area (Å²) < 4.78 is 0. The highest BCUT2D eigenvalue weighted by atomic mass is 16.3. The van der Waals surface area contributed by atoms with Crippen LogP contribution in [0.2, 0.25) is 0 Å². The molecule has 0 amide bonds. The second-order valence-electron chi connectivity index (χ2n) is 3.83. The SMILES string of the molecule is Nc1cc2c(O)cc3cccc(=O)c3c2[nH]n1. The Kier molecular flexibility index (Phi) is 1.82. The highest BCUT2D eigenvalue weighted by Crippen LogP contribution is 2.29. The summed E-state index contributed by atoms with van der Waals surface area (Å²) in [5, 5.41) is 18.1. The molecule has 0 bridgehead atoms. The number of phenols is 1. The number of nitrogens with one attached hydrogen (secondary N) is 1. The van der Waals surface area contributed by atoms with Crippen LogP contribution in [0.5, 0.6) is 5.75 Å². The molecule has 5 heteroatoms. The van der Waals surface area contributed by atoms with Crippen molar-refractivity contribution in [2.45, 2.75) is 0 Å². The van der Waals surface area contributed by atoms with Gasteiger partial charge in [-0.3, -0.25) is 9.89 Å². The van der Waals surface area contributed by atoms with E-state index in [1.165, 1.54) is 12.1 Å². The first-order chi connectivity index (χ1) is 8.16. The highest BCUT2D eigenvalue weighted by Gasteiger charge is 2.09. The van der Waals surface area contributed by atoms with Gasteiger partial charge in [0, 0.05) is 5.39 Å². The smallest absolute Gasteiger partial charge is 0.188 e. The van der Waals surface area contributed by atoms with Crippen LogP contribution in [0.15, 0.2) is 35.1 Å². The molecule has 3 rings (SSSR count). The van der Waals surface area contributed by atoms with E-state index in [-0.39, 0.29) is 17.0 Å². The molecule has 5 nitrogen and oxygen atoms in total. The molecule has 0 unspecified atom stereocenters. The van der Waals surface area contributed by atoms with Crippen LogP contribution in [-0.2, 0) is 0 Å². The third kappa shape index (κ3) is 1.32. The van der Waals surface area contributed by atoms with Crippen LogP contribution in [0, 0.1) is 0 Å². The van der Waals surface area contributed by atoms with Gasteiger partial charge in [-0.2, -0.15) is 5.10 Å². The number of aromatic hydroxyl groups is 1. The summed E-state index contributed by atoms with van der Waals surface area (Å²) in [4.78, 5) is 11.8. The second-order valence-corrected chi connectivity index (χ2v) is 3.83. The average molecular weight is 227 g/mol. The van der Waals surface area contributed by atoms with Crippen LogP contribution in [0.3, 0.4) is 0 Å². The summed E-state index contributed by atoms with van der Waals surface area (Å²) in [6.45, 7) is 0. The van der Waals surface area contributed by atoms with E-state index in [4.69, 9.17) is 5.73 Å². The van der Waals surface area contributed by atoms with Crippen molar-refractivity contribution < 1.29 is 5.11 Å². The van der Waals surface area contributed by atoms with Gasteiger partial charge < -0.3 is 10.8 Å². The van der Waals surface area contributed by atoms with Crippen LogP contribution < -0.4 is 11.2 Å². The van der Waals surface area contributed by atoms with Gasteiger partial charge in [-0.1, -0.05) is 12.1 Å². The Labute approximate surface area is 95.5 Å². The van der Waals surface area contributed by atoms with E-state index in [2.05, 4.69) is 10.2 Å². The predicted molar refractivity (Wildman–Crippen MR) is 65.9 cm³/mol. The molecular formula is C12H9N3O2. The number of rotatable bonds is 0. The summed E-state index contributed by atoms with van der Waals surface area (Å²) >= 11 is 0. The first kappa shape index (κ1) is 9.65. The van der Waals surface area contributed by atoms with Gasteiger partial charge in [0.05, 0.1) is 10.9 Å². The topological polar surface area (TPSA) is 92.0 Å². The average Bonchev–Trinajstić information content (AvgIpc) is 2.30. The number of aromatic nitrogens is 2. The molecule has 0 saturated heterocycles. The lowest BCUT2D eigenvalue weighted by molar-refractivity contribution is 0.482. The van der Waals surface area contributed by atoms with Gasteiger partial charge in [0.1, 0.15) is 11.6 Å². The number of benzene rings is 2. The number of nitrogens with zero attached hydrogens (tertiary/aromatic N) is 1. The lowest BCUT2D eigenvalue weighted by Gasteiger charge is -2.05. The third-order valence-corrected chi connectivity index (χ3v) is 2.73. The van der Waals surface area contributed by atoms with E-state index in [0.717, 1.165) is 0 Å². The summed E-state index contributed by atoms with van der Waals surface area (Å²) in [6.07, 6.45) is 0. The zero-order valence-corrected chi connectivity index (χ0v) is 8.77. The van der Waals surface area contributed by atoms with Crippen LogP contribution in [0.1, 0.15) is 0 Å². The van der Waals surface area contributed by atoms with Crippen LogP contribution >= 0.6 is 0 Å². The molecule has 84 valence electrons.